The second-order valence-electron chi connectivity index (χ2n) is 6.59. The molecule has 0 radical (unpaired) electrons. The number of carbonyl (C=O) groups is 1. The quantitative estimate of drug-likeness (QED) is 0.694. The number of aromatic carboxylic acids is 1. The van der Waals surface area contributed by atoms with E-state index in [2.05, 4.69) is 36.5 Å². The van der Waals surface area contributed by atoms with E-state index in [9.17, 15) is 9.90 Å². The average molecular weight is 348 g/mol. The zero-order chi connectivity index (χ0) is 18.7. The molecule has 0 spiro atoms. The van der Waals surface area contributed by atoms with Crippen LogP contribution in [0.1, 0.15) is 38.4 Å². The van der Waals surface area contributed by atoms with Gasteiger partial charge in [0, 0.05) is 35.7 Å². The van der Waals surface area contributed by atoms with Crippen LogP contribution in [-0.2, 0) is 13.1 Å². The minimum atomic E-state index is -0.882. The van der Waals surface area contributed by atoms with E-state index in [1.54, 1.807) is 0 Å². The summed E-state index contributed by atoms with van der Waals surface area (Å²) in [5.41, 5.74) is 6.34. The second kappa shape index (κ2) is 7.58. The fraction of sp³-hybridized carbons (Fsp3) is 0.227. The van der Waals surface area contributed by atoms with Gasteiger partial charge in [-0.05, 0) is 38.5 Å². The highest BCUT2D eigenvalue weighted by Gasteiger charge is 2.22. The third-order valence-corrected chi connectivity index (χ3v) is 4.75. The summed E-state index contributed by atoms with van der Waals surface area (Å²) < 4.78 is 2.02. The van der Waals surface area contributed by atoms with E-state index in [0.29, 0.717) is 18.7 Å². The Hall–Kier alpha value is -2.85. The maximum atomic E-state index is 11.9. The minimum Gasteiger partial charge on any atom is -0.478 e. The van der Waals surface area contributed by atoms with Crippen LogP contribution >= 0.6 is 0 Å². The molecule has 0 aliphatic rings. The number of rotatable bonds is 6. The number of nitrogens with zero attached hydrogens (tertiary/aromatic N) is 1. The van der Waals surface area contributed by atoms with E-state index in [0.717, 1.165) is 22.6 Å². The molecule has 3 rings (SSSR count). The molecule has 0 bridgehead atoms. The number of benzene rings is 2. The lowest BCUT2D eigenvalue weighted by molar-refractivity contribution is 0.0695. The van der Waals surface area contributed by atoms with E-state index in [1.807, 2.05) is 48.7 Å². The largest absolute Gasteiger partial charge is 0.478 e. The average Bonchev–Trinajstić information content (AvgIpc) is 2.88. The molecule has 0 atom stereocenters. The van der Waals surface area contributed by atoms with Crippen molar-refractivity contribution in [2.75, 3.05) is 0 Å². The first-order chi connectivity index (χ1) is 12.5. The lowest BCUT2D eigenvalue weighted by atomic mass is 10.1. The SMILES string of the molecule is Cc1ccc(CNCc2c(C(=O)O)c(C)n(-c3ccccc3)c2C)cc1. The van der Waals surface area contributed by atoms with Crippen molar-refractivity contribution in [2.24, 2.45) is 0 Å². The number of hydrogen-bond donors (Lipinski definition) is 2. The van der Waals surface area contributed by atoms with Gasteiger partial charge in [-0.25, -0.2) is 4.79 Å². The minimum absolute atomic E-state index is 0.391. The topological polar surface area (TPSA) is 54.3 Å². The molecule has 0 amide bonds. The van der Waals surface area contributed by atoms with Crippen molar-refractivity contribution in [3.05, 3.63) is 88.2 Å². The number of hydrogen-bond acceptors (Lipinski definition) is 2. The third-order valence-electron chi connectivity index (χ3n) is 4.75. The van der Waals surface area contributed by atoms with Crippen LogP contribution in [0.3, 0.4) is 0 Å². The molecular formula is C22H24N2O2. The number of nitrogens with one attached hydrogen (secondary N) is 1. The first kappa shape index (κ1) is 18.0. The Morgan fingerprint density at radius 3 is 2.19 bits per heavy atom. The van der Waals surface area contributed by atoms with Crippen LogP contribution in [0.4, 0.5) is 0 Å². The predicted octanol–water partition coefficient (Wildman–Crippen LogP) is 4.39. The van der Waals surface area contributed by atoms with Crippen molar-refractivity contribution >= 4 is 5.97 Å². The first-order valence-electron chi connectivity index (χ1n) is 8.74. The second-order valence-corrected chi connectivity index (χ2v) is 6.59. The summed E-state index contributed by atoms with van der Waals surface area (Å²) >= 11 is 0. The van der Waals surface area contributed by atoms with Crippen LogP contribution in [-0.4, -0.2) is 15.6 Å². The van der Waals surface area contributed by atoms with Crippen LogP contribution in [0.5, 0.6) is 0 Å². The lowest BCUT2D eigenvalue weighted by Gasteiger charge is -2.10. The molecule has 0 unspecified atom stereocenters. The van der Waals surface area contributed by atoms with Crippen molar-refractivity contribution in [3.63, 3.8) is 0 Å². The Balaban J connectivity index is 1.88. The van der Waals surface area contributed by atoms with E-state index in [1.165, 1.54) is 11.1 Å². The van der Waals surface area contributed by atoms with Gasteiger partial charge in [0.25, 0.3) is 0 Å². The maximum Gasteiger partial charge on any atom is 0.337 e. The van der Waals surface area contributed by atoms with Crippen LogP contribution in [0.2, 0.25) is 0 Å². The Labute approximate surface area is 154 Å². The Morgan fingerprint density at radius 2 is 1.58 bits per heavy atom. The van der Waals surface area contributed by atoms with Gasteiger partial charge in [0.2, 0.25) is 0 Å². The highest BCUT2D eigenvalue weighted by atomic mass is 16.4. The molecule has 4 nitrogen and oxygen atoms in total. The van der Waals surface area contributed by atoms with Gasteiger partial charge in [-0.1, -0.05) is 48.0 Å². The number of para-hydroxylation sites is 1. The van der Waals surface area contributed by atoms with Crippen molar-refractivity contribution in [3.8, 4) is 5.69 Å². The van der Waals surface area contributed by atoms with Gasteiger partial charge in [-0.2, -0.15) is 0 Å². The molecule has 2 aromatic carbocycles. The lowest BCUT2D eigenvalue weighted by Crippen LogP contribution is -2.15. The van der Waals surface area contributed by atoms with E-state index in [4.69, 9.17) is 0 Å². The maximum absolute atomic E-state index is 11.9. The number of aryl methyl sites for hydroxylation is 1. The molecular weight excluding hydrogens is 324 g/mol. The highest BCUT2D eigenvalue weighted by Crippen LogP contribution is 2.26. The summed E-state index contributed by atoms with van der Waals surface area (Å²) in [6, 6.07) is 18.2. The normalized spacial score (nSPS) is 10.9. The van der Waals surface area contributed by atoms with Gasteiger partial charge in [-0.3, -0.25) is 0 Å². The Morgan fingerprint density at radius 1 is 0.923 bits per heavy atom. The summed E-state index contributed by atoms with van der Waals surface area (Å²) in [7, 11) is 0. The van der Waals surface area contributed by atoms with Gasteiger partial charge >= 0.3 is 5.97 Å². The predicted molar refractivity (Wildman–Crippen MR) is 104 cm³/mol. The zero-order valence-corrected chi connectivity index (χ0v) is 15.4. The molecule has 0 saturated carbocycles. The Bertz CT molecular complexity index is 910. The number of carboxylic acids is 1. The Kier molecular flexibility index (Phi) is 5.24. The fourth-order valence-corrected chi connectivity index (χ4v) is 3.40. The van der Waals surface area contributed by atoms with Gasteiger partial charge in [0.05, 0.1) is 5.56 Å². The van der Waals surface area contributed by atoms with E-state index in [-0.39, 0.29) is 0 Å². The van der Waals surface area contributed by atoms with Gasteiger partial charge < -0.3 is 15.0 Å². The van der Waals surface area contributed by atoms with Gasteiger partial charge in [0.1, 0.15) is 0 Å². The van der Waals surface area contributed by atoms with Crippen molar-refractivity contribution in [2.45, 2.75) is 33.9 Å². The molecule has 26 heavy (non-hydrogen) atoms. The van der Waals surface area contributed by atoms with Crippen molar-refractivity contribution < 1.29 is 9.90 Å². The van der Waals surface area contributed by atoms with Crippen molar-refractivity contribution in [1.29, 1.82) is 0 Å². The van der Waals surface area contributed by atoms with E-state index < -0.39 is 5.97 Å². The molecule has 0 fully saturated rings. The van der Waals surface area contributed by atoms with Crippen LogP contribution in [0, 0.1) is 20.8 Å². The van der Waals surface area contributed by atoms with Crippen molar-refractivity contribution in [1.82, 2.24) is 9.88 Å². The molecule has 0 aliphatic heterocycles. The van der Waals surface area contributed by atoms with Gasteiger partial charge in [0.15, 0.2) is 0 Å². The number of carboxylic acid groups (broad SMARTS) is 1. The van der Waals surface area contributed by atoms with Crippen LogP contribution < -0.4 is 5.32 Å². The zero-order valence-electron chi connectivity index (χ0n) is 15.4. The monoisotopic (exact) mass is 348 g/mol. The highest BCUT2D eigenvalue weighted by molar-refractivity contribution is 5.91. The molecule has 134 valence electrons. The molecule has 3 aromatic rings. The fourth-order valence-electron chi connectivity index (χ4n) is 3.40. The molecule has 0 aliphatic carbocycles. The summed E-state index contributed by atoms with van der Waals surface area (Å²) in [5.74, 6) is -0.882. The van der Waals surface area contributed by atoms with Gasteiger partial charge in [-0.15, -0.1) is 0 Å². The first-order valence-corrected chi connectivity index (χ1v) is 8.74. The molecule has 2 N–H and O–H groups in total. The summed E-state index contributed by atoms with van der Waals surface area (Å²) in [6.07, 6.45) is 0. The third kappa shape index (κ3) is 3.55. The standard InChI is InChI=1S/C22H24N2O2/c1-15-9-11-18(12-10-15)13-23-14-20-16(2)24(17(3)21(20)22(25)26)19-7-5-4-6-8-19/h4-12,23H,13-14H2,1-3H3,(H,25,26). The molecule has 0 saturated heterocycles. The molecule has 1 aromatic heterocycles. The molecule has 1 heterocycles. The van der Waals surface area contributed by atoms with E-state index >= 15 is 0 Å². The molecule has 4 heteroatoms. The summed E-state index contributed by atoms with van der Waals surface area (Å²) in [4.78, 5) is 11.9. The smallest absolute Gasteiger partial charge is 0.337 e. The number of aromatic nitrogens is 1. The van der Waals surface area contributed by atoms with Crippen LogP contribution in [0.15, 0.2) is 54.6 Å². The summed E-state index contributed by atoms with van der Waals surface area (Å²) in [5, 5.41) is 13.1. The van der Waals surface area contributed by atoms with Crippen LogP contribution in [0.25, 0.3) is 5.69 Å². The summed E-state index contributed by atoms with van der Waals surface area (Å²) in [6.45, 7) is 7.13.